The van der Waals surface area contributed by atoms with Gasteiger partial charge in [0.15, 0.2) is 0 Å². The molecule has 1 saturated heterocycles. The topological polar surface area (TPSA) is 78.4 Å². The van der Waals surface area contributed by atoms with E-state index in [-0.39, 0.29) is 30.5 Å². The zero-order valence-electron chi connectivity index (χ0n) is 15.2. The first-order chi connectivity index (χ1) is 13.1. The number of aryl methyl sites for hydroxylation is 1. The second-order valence-electron chi connectivity index (χ2n) is 6.22. The lowest BCUT2D eigenvalue weighted by Gasteiger charge is -2.36. The van der Waals surface area contributed by atoms with Crippen molar-refractivity contribution in [3.05, 3.63) is 35.1 Å². The van der Waals surface area contributed by atoms with E-state index in [9.17, 15) is 14.0 Å². The molecule has 0 radical (unpaired) electrons. The molecule has 2 aromatic rings. The molecular weight excluding hydrogens is 369 g/mol. The van der Waals surface area contributed by atoms with E-state index < -0.39 is 0 Å². The van der Waals surface area contributed by atoms with Gasteiger partial charge < -0.3 is 15.1 Å². The van der Waals surface area contributed by atoms with Crippen LogP contribution in [-0.4, -0.2) is 53.1 Å². The van der Waals surface area contributed by atoms with Gasteiger partial charge in [0, 0.05) is 39.0 Å². The summed E-state index contributed by atoms with van der Waals surface area (Å²) >= 11 is 1.34. The third-order valence-corrected chi connectivity index (χ3v) is 5.39. The molecule has 1 aromatic carbocycles. The fraction of sp³-hybridized carbons (Fsp3) is 0.444. The summed E-state index contributed by atoms with van der Waals surface area (Å²) in [6.45, 7) is 4.15. The molecule has 9 heteroatoms. The van der Waals surface area contributed by atoms with Gasteiger partial charge in [-0.15, -0.1) is 10.2 Å². The number of hydrogen-bond acceptors (Lipinski definition) is 6. The van der Waals surface area contributed by atoms with E-state index in [1.807, 2.05) is 11.8 Å². The van der Waals surface area contributed by atoms with Gasteiger partial charge in [0.05, 0.1) is 5.69 Å². The number of para-hydroxylation sites is 1. The monoisotopic (exact) mass is 391 g/mol. The number of carbonyl (C=O) groups excluding carboxylic acids is 2. The third kappa shape index (κ3) is 5.00. The molecule has 0 unspecified atom stereocenters. The first kappa shape index (κ1) is 19.2. The normalized spacial score (nSPS) is 14.3. The maximum atomic E-state index is 13.9. The number of benzene rings is 1. The van der Waals surface area contributed by atoms with Crippen LogP contribution in [0, 0.1) is 5.82 Å². The van der Waals surface area contributed by atoms with E-state index in [2.05, 4.69) is 15.5 Å². The molecule has 3 rings (SSSR count). The number of hydrogen-bond donors (Lipinski definition) is 1. The van der Waals surface area contributed by atoms with Gasteiger partial charge in [0.1, 0.15) is 10.8 Å². The SMILES string of the molecule is CCc1nnc(NC(=O)CCC(=O)N2CCN(c3ccccc3F)CC2)s1. The highest BCUT2D eigenvalue weighted by atomic mass is 32.1. The van der Waals surface area contributed by atoms with Crippen LogP contribution in [-0.2, 0) is 16.0 Å². The van der Waals surface area contributed by atoms with Crippen LogP contribution >= 0.6 is 11.3 Å². The maximum absolute atomic E-state index is 13.9. The van der Waals surface area contributed by atoms with Gasteiger partial charge in [-0.05, 0) is 18.6 Å². The Bertz CT molecular complexity index is 805. The molecule has 144 valence electrons. The van der Waals surface area contributed by atoms with Crippen molar-refractivity contribution in [1.82, 2.24) is 15.1 Å². The average molecular weight is 391 g/mol. The lowest BCUT2D eigenvalue weighted by Crippen LogP contribution is -2.49. The number of nitrogens with zero attached hydrogens (tertiary/aromatic N) is 4. The van der Waals surface area contributed by atoms with E-state index in [0.717, 1.165) is 11.4 Å². The Morgan fingerprint density at radius 3 is 2.56 bits per heavy atom. The molecule has 1 aliphatic heterocycles. The fourth-order valence-corrected chi connectivity index (χ4v) is 3.61. The van der Waals surface area contributed by atoms with Gasteiger partial charge in [-0.25, -0.2) is 4.39 Å². The van der Waals surface area contributed by atoms with E-state index >= 15 is 0 Å². The lowest BCUT2D eigenvalue weighted by atomic mass is 10.2. The Morgan fingerprint density at radius 2 is 1.89 bits per heavy atom. The van der Waals surface area contributed by atoms with Crippen LogP contribution in [0.2, 0.25) is 0 Å². The average Bonchev–Trinajstić information content (AvgIpc) is 3.14. The molecule has 0 spiro atoms. The highest BCUT2D eigenvalue weighted by Gasteiger charge is 2.23. The molecule has 0 saturated carbocycles. The number of anilines is 2. The second kappa shape index (κ2) is 8.90. The summed E-state index contributed by atoms with van der Waals surface area (Å²) in [6.07, 6.45) is 1.02. The molecular formula is C18H22FN5O2S. The number of halogens is 1. The summed E-state index contributed by atoms with van der Waals surface area (Å²) in [4.78, 5) is 28.0. The van der Waals surface area contributed by atoms with E-state index in [1.54, 1.807) is 23.1 Å². The molecule has 27 heavy (non-hydrogen) atoms. The minimum absolute atomic E-state index is 0.0650. The lowest BCUT2D eigenvalue weighted by molar-refractivity contribution is -0.133. The maximum Gasteiger partial charge on any atom is 0.226 e. The van der Waals surface area contributed by atoms with Gasteiger partial charge in [0.2, 0.25) is 16.9 Å². The van der Waals surface area contributed by atoms with E-state index in [1.165, 1.54) is 17.4 Å². The van der Waals surface area contributed by atoms with Crippen LogP contribution in [0.3, 0.4) is 0 Å². The molecule has 1 fully saturated rings. The predicted molar refractivity (Wildman–Crippen MR) is 102 cm³/mol. The molecule has 1 aliphatic rings. The minimum Gasteiger partial charge on any atom is -0.366 e. The smallest absolute Gasteiger partial charge is 0.226 e. The van der Waals surface area contributed by atoms with Crippen LogP contribution < -0.4 is 10.2 Å². The summed E-state index contributed by atoms with van der Waals surface area (Å²) in [5, 5.41) is 11.8. The fourth-order valence-electron chi connectivity index (χ4n) is 2.91. The quantitative estimate of drug-likeness (QED) is 0.818. The van der Waals surface area contributed by atoms with Crippen LogP contribution in [0.25, 0.3) is 0 Å². The first-order valence-electron chi connectivity index (χ1n) is 8.96. The van der Waals surface area contributed by atoms with Crippen LogP contribution in [0.4, 0.5) is 15.2 Å². The third-order valence-electron chi connectivity index (χ3n) is 4.41. The van der Waals surface area contributed by atoms with E-state index in [0.29, 0.717) is 37.0 Å². The molecule has 0 atom stereocenters. The number of carbonyl (C=O) groups is 2. The number of piperazine rings is 1. The van der Waals surface area contributed by atoms with Crippen molar-refractivity contribution in [2.24, 2.45) is 0 Å². The Morgan fingerprint density at radius 1 is 1.15 bits per heavy atom. The van der Waals surface area contributed by atoms with Crippen LogP contribution in [0.1, 0.15) is 24.8 Å². The Kier molecular flexibility index (Phi) is 6.33. The zero-order valence-corrected chi connectivity index (χ0v) is 16.0. The van der Waals surface area contributed by atoms with Crippen molar-refractivity contribution in [3.63, 3.8) is 0 Å². The van der Waals surface area contributed by atoms with Crippen molar-refractivity contribution >= 4 is 34.0 Å². The number of aromatic nitrogens is 2. The molecule has 2 heterocycles. The number of nitrogens with one attached hydrogen (secondary N) is 1. The van der Waals surface area contributed by atoms with Gasteiger partial charge in [0.25, 0.3) is 0 Å². The van der Waals surface area contributed by atoms with Crippen LogP contribution in [0.5, 0.6) is 0 Å². The molecule has 0 aliphatic carbocycles. The first-order valence-corrected chi connectivity index (χ1v) is 9.78. The summed E-state index contributed by atoms with van der Waals surface area (Å²) in [6, 6.07) is 6.64. The molecule has 2 amide bonds. The zero-order chi connectivity index (χ0) is 19.2. The van der Waals surface area contributed by atoms with Crippen molar-refractivity contribution in [3.8, 4) is 0 Å². The van der Waals surface area contributed by atoms with Crippen molar-refractivity contribution < 1.29 is 14.0 Å². The van der Waals surface area contributed by atoms with E-state index in [4.69, 9.17) is 0 Å². The molecule has 7 nitrogen and oxygen atoms in total. The molecule has 1 aromatic heterocycles. The van der Waals surface area contributed by atoms with Gasteiger partial charge >= 0.3 is 0 Å². The van der Waals surface area contributed by atoms with Crippen molar-refractivity contribution in [1.29, 1.82) is 0 Å². The largest absolute Gasteiger partial charge is 0.366 e. The molecule has 0 bridgehead atoms. The summed E-state index contributed by atoms with van der Waals surface area (Å²) in [7, 11) is 0. The number of amides is 2. The minimum atomic E-state index is -0.253. The van der Waals surface area contributed by atoms with Gasteiger partial charge in [-0.3, -0.25) is 9.59 Å². The Balaban J connectivity index is 1.43. The highest BCUT2D eigenvalue weighted by molar-refractivity contribution is 7.15. The second-order valence-corrected chi connectivity index (χ2v) is 7.28. The standard InChI is InChI=1S/C18H22FN5O2S/c1-2-16-21-22-18(27-16)20-15(25)7-8-17(26)24-11-9-23(10-12-24)14-6-4-3-5-13(14)19/h3-6H,2,7-12H2,1H3,(H,20,22,25). The van der Waals surface area contributed by atoms with Crippen LogP contribution in [0.15, 0.2) is 24.3 Å². The Hall–Kier alpha value is -2.55. The van der Waals surface area contributed by atoms with Gasteiger partial charge in [-0.2, -0.15) is 0 Å². The number of rotatable bonds is 6. The van der Waals surface area contributed by atoms with Crippen molar-refractivity contribution in [2.45, 2.75) is 26.2 Å². The highest BCUT2D eigenvalue weighted by Crippen LogP contribution is 2.20. The van der Waals surface area contributed by atoms with Crippen molar-refractivity contribution in [2.75, 3.05) is 36.4 Å². The Labute approximate surface area is 161 Å². The summed E-state index contributed by atoms with van der Waals surface area (Å²) < 4.78 is 13.9. The van der Waals surface area contributed by atoms with Gasteiger partial charge in [-0.1, -0.05) is 30.4 Å². The predicted octanol–water partition coefficient (Wildman–Crippen LogP) is 2.31. The summed E-state index contributed by atoms with van der Waals surface area (Å²) in [5.74, 6) is -0.561. The summed E-state index contributed by atoms with van der Waals surface area (Å²) in [5.41, 5.74) is 0.562. The molecule has 1 N–H and O–H groups in total.